The van der Waals surface area contributed by atoms with Crippen LogP contribution in [0, 0.1) is 17.2 Å². The Balaban J connectivity index is 1.95. The molecule has 0 bridgehead atoms. The van der Waals surface area contributed by atoms with Crippen LogP contribution in [0.2, 0.25) is 0 Å². The van der Waals surface area contributed by atoms with Gasteiger partial charge in [0.2, 0.25) is 0 Å². The first-order valence-electron chi connectivity index (χ1n) is 6.21. The second-order valence-electron chi connectivity index (χ2n) is 4.85. The fourth-order valence-electron chi connectivity index (χ4n) is 2.58. The number of aliphatic hydroxyl groups excluding tert-OH is 2. The monoisotopic (exact) mass is 241 g/mol. The molecule has 0 aromatic carbocycles. The van der Waals surface area contributed by atoms with E-state index in [9.17, 15) is 5.11 Å². The number of rotatable bonds is 3. The molecule has 1 spiro atoms. The van der Waals surface area contributed by atoms with Crippen molar-refractivity contribution in [1.82, 2.24) is 0 Å². The van der Waals surface area contributed by atoms with Crippen molar-refractivity contribution >= 4 is 0 Å². The number of hydrogen-bond donors (Lipinski definition) is 2. The number of nitrogens with zero attached hydrogens (tertiary/aromatic N) is 1. The van der Waals surface area contributed by atoms with Crippen LogP contribution in [-0.4, -0.2) is 41.4 Å². The Labute approximate surface area is 101 Å². The highest BCUT2D eigenvalue weighted by molar-refractivity contribution is 4.94. The molecule has 96 valence electrons. The molecule has 17 heavy (non-hydrogen) atoms. The Bertz CT molecular complexity index is 295. The molecule has 5 nitrogen and oxygen atoms in total. The highest BCUT2D eigenvalue weighted by Crippen LogP contribution is 2.38. The van der Waals surface area contributed by atoms with Gasteiger partial charge in [-0.2, -0.15) is 5.26 Å². The molecule has 1 aliphatic heterocycles. The van der Waals surface area contributed by atoms with E-state index >= 15 is 0 Å². The molecular weight excluding hydrogens is 222 g/mol. The third kappa shape index (κ3) is 2.61. The number of ether oxygens (including phenoxy) is 2. The van der Waals surface area contributed by atoms with Gasteiger partial charge < -0.3 is 19.7 Å². The van der Waals surface area contributed by atoms with Crippen LogP contribution in [0.1, 0.15) is 32.1 Å². The van der Waals surface area contributed by atoms with Crippen molar-refractivity contribution < 1.29 is 19.7 Å². The molecule has 2 fully saturated rings. The van der Waals surface area contributed by atoms with Crippen LogP contribution in [0.5, 0.6) is 0 Å². The second-order valence-corrected chi connectivity index (χ2v) is 4.85. The zero-order valence-corrected chi connectivity index (χ0v) is 9.84. The summed E-state index contributed by atoms with van der Waals surface area (Å²) in [5.74, 6) is -1.35. The van der Waals surface area contributed by atoms with E-state index in [0.717, 1.165) is 25.7 Å². The maximum atomic E-state index is 9.94. The molecule has 1 saturated heterocycles. The molecule has 2 N–H and O–H groups in total. The van der Waals surface area contributed by atoms with Crippen molar-refractivity contribution in [2.45, 2.75) is 50.1 Å². The van der Waals surface area contributed by atoms with Gasteiger partial charge in [0, 0.05) is 12.8 Å². The average Bonchev–Trinajstić information content (AvgIpc) is 2.75. The van der Waals surface area contributed by atoms with E-state index in [-0.39, 0.29) is 6.61 Å². The summed E-state index contributed by atoms with van der Waals surface area (Å²) >= 11 is 0. The Morgan fingerprint density at radius 3 is 2.65 bits per heavy atom. The molecule has 0 radical (unpaired) electrons. The quantitative estimate of drug-likeness (QED) is 0.754. The van der Waals surface area contributed by atoms with Crippen LogP contribution in [0.4, 0.5) is 0 Å². The SMILES string of the molecule is N#C[C@H](CO)[C@@H](O)[C@H]1COC2(CCCCC2)O1. The lowest BCUT2D eigenvalue weighted by atomic mass is 9.94. The van der Waals surface area contributed by atoms with Crippen LogP contribution in [-0.2, 0) is 9.47 Å². The molecule has 0 unspecified atom stereocenters. The molecule has 2 aliphatic rings. The Kier molecular flexibility index (Phi) is 4.00. The van der Waals surface area contributed by atoms with Gasteiger partial charge >= 0.3 is 0 Å². The minimum absolute atomic E-state index is 0.305. The standard InChI is InChI=1S/C12H19NO4/c13-6-9(7-14)11(15)10-8-16-12(17-10)4-2-1-3-5-12/h9-11,14-15H,1-5,7-8H2/t9-,10-,11-/m1/s1. The molecule has 0 amide bonds. The molecule has 0 aromatic rings. The van der Waals surface area contributed by atoms with Gasteiger partial charge in [-0.1, -0.05) is 6.42 Å². The zero-order valence-electron chi connectivity index (χ0n) is 9.84. The van der Waals surface area contributed by atoms with Gasteiger partial charge in [-0.3, -0.25) is 0 Å². The number of nitriles is 1. The summed E-state index contributed by atoms with van der Waals surface area (Å²) in [5.41, 5.74) is 0. The molecule has 1 aliphatic carbocycles. The van der Waals surface area contributed by atoms with Gasteiger partial charge in [0.25, 0.3) is 0 Å². The number of hydrogen-bond acceptors (Lipinski definition) is 5. The molecule has 0 aromatic heterocycles. The van der Waals surface area contributed by atoms with Crippen LogP contribution < -0.4 is 0 Å². The Morgan fingerprint density at radius 1 is 1.35 bits per heavy atom. The van der Waals surface area contributed by atoms with Gasteiger partial charge in [0.1, 0.15) is 12.2 Å². The molecule has 5 heteroatoms. The van der Waals surface area contributed by atoms with E-state index in [1.165, 1.54) is 6.42 Å². The van der Waals surface area contributed by atoms with Crippen LogP contribution in [0.15, 0.2) is 0 Å². The van der Waals surface area contributed by atoms with Gasteiger partial charge in [-0.05, 0) is 12.8 Å². The molecular formula is C12H19NO4. The van der Waals surface area contributed by atoms with E-state index in [1.807, 2.05) is 6.07 Å². The normalized spacial score (nSPS) is 31.0. The van der Waals surface area contributed by atoms with Crippen molar-refractivity contribution in [3.63, 3.8) is 0 Å². The summed E-state index contributed by atoms with van der Waals surface area (Å²) in [7, 11) is 0. The third-order valence-electron chi connectivity index (χ3n) is 3.65. The fraction of sp³-hybridized carbons (Fsp3) is 0.917. The summed E-state index contributed by atoms with van der Waals surface area (Å²) in [6.07, 6.45) is 3.57. The van der Waals surface area contributed by atoms with E-state index in [1.54, 1.807) is 0 Å². The van der Waals surface area contributed by atoms with E-state index in [4.69, 9.17) is 19.8 Å². The van der Waals surface area contributed by atoms with Gasteiger partial charge in [-0.15, -0.1) is 0 Å². The predicted molar refractivity (Wildman–Crippen MR) is 58.8 cm³/mol. The molecule has 1 heterocycles. The Hall–Kier alpha value is -0.670. The summed E-state index contributed by atoms with van der Waals surface area (Å²) < 4.78 is 11.5. The average molecular weight is 241 g/mol. The topological polar surface area (TPSA) is 82.7 Å². The van der Waals surface area contributed by atoms with Gasteiger partial charge in [0.15, 0.2) is 5.79 Å². The maximum absolute atomic E-state index is 9.94. The summed E-state index contributed by atoms with van der Waals surface area (Å²) in [5, 5.41) is 27.7. The fourth-order valence-corrected chi connectivity index (χ4v) is 2.58. The van der Waals surface area contributed by atoms with Crippen molar-refractivity contribution in [3.8, 4) is 6.07 Å². The van der Waals surface area contributed by atoms with Crippen LogP contribution >= 0.6 is 0 Å². The lowest BCUT2D eigenvalue weighted by Gasteiger charge is -2.32. The molecule has 3 atom stereocenters. The van der Waals surface area contributed by atoms with Gasteiger partial charge in [-0.25, -0.2) is 0 Å². The first-order valence-corrected chi connectivity index (χ1v) is 6.21. The first-order chi connectivity index (χ1) is 8.21. The Morgan fingerprint density at radius 2 is 2.06 bits per heavy atom. The summed E-state index contributed by atoms with van der Waals surface area (Å²) in [4.78, 5) is 0. The van der Waals surface area contributed by atoms with E-state index in [0.29, 0.717) is 6.61 Å². The van der Waals surface area contributed by atoms with Crippen LogP contribution in [0.25, 0.3) is 0 Å². The lowest BCUT2D eigenvalue weighted by molar-refractivity contribution is -0.197. The molecule has 1 saturated carbocycles. The third-order valence-corrected chi connectivity index (χ3v) is 3.65. The van der Waals surface area contributed by atoms with Crippen molar-refractivity contribution in [2.24, 2.45) is 5.92 Å². The minimum Gasteiger partial charge on any atom is -0.395 e. The first kappa shape index (κ1) is 12.8. The maximum Gasteiger partial charge on any atom is 0.169 e. The van der Waals surface area contributed by atoms with Crippen LogP contribution in [0.3, 0.4) is 0 Å². The molecule has 2 rings (SSSR count). The van der Waals surface area contributed by atoms with Crippen molar-refractivity contribution in [2.75, 3.05) is 13.2 Å². The van der Waals surface area contributed by atoms with Crippen molar-refractivity contribution in [1.29, 1.82) is 5.26 Å². The highest BCUT2D eigenvalue weighted by atomic mass is 16.7. The number of aliphatic hydroxyl groups is 2. The van der Waals surface area contributed by atoms with Crippen molar-refractivity contribution in [3.05, 3.63) is 0 Å². The summed E-state index contributed by atoms with van der Waals surface area (Å²) in [6.45, 7) is -0.0517. The zero-order chi connectivity index (χ0) is 12.3. The van der Waals surface area contributed by atoms with E-state index in [2.05, 4.69) is 0 Å². The van der Waals surface area contributed by atoms with E-state index < -0.39 is 23.9 Å². The lowest BCUT2D eigenvalue weighted by Crippen LogP contribution is -2.39. The summed E-state index contributed by atoms with van der Waals surface area (Å²) in [6, 6.07) is 1.88. The second kappa shape index (κ2) is 5.32. The smallest absolute Gasteiger partial charge is 0.169 e. The largest absolute Gasteiger partial charge is 0.395 e. The van der Waals surface area contributed by atoms with Gasteiger partial charge in [0.05, 0.1) is 25.2 Å². The highest BCUT2D eigenvalue weighted by Gasteiger charge is 2.45. The minimum atomic E-state index is -0.980. The predicted octanol–water partition coefficient (Wildman–Crippen LogP) is 0.555.